The van der Waals surface area contributed by atoms with E-state index in [1.807, 2.05) is 20.8 Å². The van der Waals surface area contributed by atoms with Crippen molar-refractivity contribution < 1.29 is 19.4 Å². The molecule has 0 aromatic heterocycles. The third-order valence-corrected chi connectivity index (χ3v) is 4.51. The molecular formula is C14H23NO4S. The fraction of sp³-hybridized carbons (Fsp3) is 0.714. The zero-order valence-electron chi connectivity index (χ0n) is 12.8. The van der Waals surface area contributed by atoms with Crippen LogP contribution in [0.2, 0.25) is 0 Å². The van der Waals surface area contributed by atoms with Gasteiger partial charge in [-0.25, -0.2) is 0 Å². The van der Waals surface area contributed by atoms with Gasteiger partial charge in [0.1, 0.15) is 11.0 Å². The van der Waals surface area contributed by atoms with Gasteiger partial charge in [0.25, 0.3) is 0 Å². The Bertz CT molecular complexity index is 425. The zero-order chi connectivity index (χ0) is 15.7. The maximum atomic E-state index is 11.8. The summed E-state index contributed by atoms with van der Waals surface area (Å²) in [5.74, 6) is -0.625. The molecule has 1 amide bonds. The minimum absolute atomic E-state index is 0.158. The largest absolute Gasteiger partial charge is 0.455 e. The van der Waals surface area contributed by atoms with E-state index in [1.54, 1.807) is 19.2 Å². The van der Waals surface area contributed by atoms with E-state index in [-0.39, 0.29) is 10.7 Å². The van der Waals surface area contributed by atoms with E-state index in [2.05, 4.69) is 0 Å². The van der Waals surface area contributed by atoms with Gasteiger partial charge in [-0.1, -0.05) is 20.8 Å². The monoisotopic (exact) mass is 301 g/mol. The number of aliphatic hydroxyl groups is 1. The molecular weight excluding hydrogens is 278 g/mol. The summed E-state index contributed by atoms with van der Waals surface area (Å²) in [6.45, 7) is 10.3. The molecule has 0 saturated heterocycles. The van der Waals surface area contributed by atoms with E-state index in [1.165, 1.54) is 30.5 Å². The van der Waals surface area contributed by atoms with Crippen LogP contribution < -0.4 is 0 Å². The molecule has 1 aliphatic rings. The number of carbonyl (C=O) groups is 2. The molecule has 5 nitrogen and oxygen atoms in total. The second-order valence-electron chi connectivity index (χ2n) is 6.11. The Morgan fingerprint density at radius 2 is 1.90 bits per heavy atom. The van der Waals surface area contributed by atoms with Crippen LogP contribution in [0.25, 0.3) is 0 Å². The lowest BCUT2D eigenvalue weighted by molar-refractivity contribution is -0.161. The SMILES string of the molecule is CC(=O)O[C@@H]1C=CN(C(C)=O)[C@@H](SC(C)(C)C)[C@]1(C)O. The maximum Gasteiger partial charge on any atom is 0.303 e. The van der Waals surface area contributed by atoms with Gasteiger partial charge in [0.2, 0.25) is 5.91 Å². The summed E-state index contributed by atoms with van der Waals surface area (Å²) in [7, 11) is 0. The van der Waals surface area contributed by atoms with E-state index in [0.717, 1.165) is 0 Å². The minimum Gasteiger partial charge on any atom is -0.455 e. The Morgan fingerprint density at radius 1 is 1.35 bits per heavy atom. The fourth-order valence-electron chi connectivity index (χ4n) is 1.98. The second kappa shape index (κ2) is 5.77. The predicted molar refractivity (Wildman–Crippen MR) is 79.0 cm³/mol. The van der Waals surface area contributed by atoms with Crippen molar-refractivity contribution in [3.05, 3.63) is 12.3 Å². The molecule has 0 aromatic carbocycles. The Balaban J connectivity index is 3.14. The van der Waals surface area contributed by atoms with Gasteiger partial charge in [0.15, 0.2) is 6.10 Å². The number of ether oxygens (including phenoxy) is 1. The van der Waals surface area contributed by atoms with E-state index in [9.17, 15) is 14.7 Å². The average Bonchev–Trinajstić information content (AvgIpc) is 2.21. The van der Waals surface area contributed by atoms with Crippen molar-refractivity contribution in [2.24, 2.45) is 0 Å². The molecule has 1 heterocycles. The van der Waals surface area contributed by atoms with Crippen LogP contribution in [-0.4, -0.2) is 43.7 Å². The highest BCUT2D eigenvalue weighted by molar-refractivity contribution is 8.01. The van der Waals surface area contributed by atoms with Crippen molar-refractivity contribution in [2.75, 3.05) is 0 Å². The van der Waals surface area contributed by atoms with Gasteiger partial charge in [-0.15, -0.1) is 11.8 Å². The van der Waals surface area contributed by atoms with Crippen LogP contribution >= 0.6 is 11.8 Å². The van der Waals surface area contributed by atoms with Gasteiger partial charge < -0.3 is 14.7 Å². The molecule has 0 aliphatic carbocycles. The second-order valence-corrected chi connectivity index (χ2v) is 8.01. The summed E-state index contributed by atoms with van der Waals surface area (Å²) in [5.41, 5.74) is -1.36. The van der Waals surface area contributed by atoms with Crippen LogP contribution in [0.3, 0.4) is 0 Å². The Labute approximate surface area is 124 Å². The average molecular weight is 301 g/mol. The van der Waals surface area contributed by atoms with Gasteiger partial charge in [-0.3, -0.25) is 9.59 Å². The molecule has 20 heavy (non-hydrogen) atoms. The summed E-state index contributed by atoms with van der Waals surface area (Å²) in [6.07, 6.45) is 2.36. The summed E-state index contributed by atoms with van der Waals surface area (Å²) in [6, 6.07) is 0. The smallest absolute Gasteiger partial charge is 0.303 e. The predicted octanol–water partition coefficient (Wildman–Crippen LogP) is 1.90. The molecule has 0 bridgehead atoms. The number of rotatable bonds is 2. The van der Waals surface area contributed by atoms with Crippen LogP contribution in [-0.2, 0) is 14.3 Å². The zero-order valence-corrected chi connectivity index (χ0v) is 13.7. The number of esters is 1. The molecule has 0 fully saturated rings. The Kier molecular flexibility index (Phi) is 4.92. The van der Waals surface area contributed by atoms with E-state index in [0.29, 0.717) is 0 Å². The van der Waals surface area contributed by atoms with Crippen molar-refractivity contribution in [3.8, 4) is 0 Å². The number of amides is 1. The Morgan fingerprint density at radius 3 is 2.30 bits per heavy atom. The molecule has 6 heteroatoms. The van der Waals surface area contributed by atoms with Crippen molar-refractivity contribution in [1.29, 1.82) is 0 Å². The quantitative estimate of drug-likeness (QED) is 0.789. The van der Waals surface area contributed by atoms with Crippen LogP contribution in [0.4, 0.5) is 0 Å². The lowest BCUT2D eigenvalue weighted by atomic mass is 9.94. The summed E-state index contributed by atoms with van der Waals surface area (Å²) >= 11 is 1.46. The third kappa shape index (κ3) is 3.99. The first-order valence-electron chi connectivity index (χ1n) is 6.50. The van der Waals surface area contributed by atoms with E-state index >= 15 is 0 Å². The van der Waals surface area contributed by atoms with Gasteiger partial charge in [0.05, 0.1) is 0 Å². The van der Waals surface area contributed by atoms with E-state index < -0.39 is 23.0 Å². The standard InChI is InChI=1S/C14H23NO4S/c1-9(16)15-8-7-11(19-10(2)17)14(6,18)12(15)20-13(3,4)5/h7-8,11-12,18H,1-6H3/t11-,12+,14-/m1/s1. The van der Waals surface area contributed by atoms with Gasteiger partial charge in [0, 0.05) is 24.8 Å². The lowest BCUT2D eigenvalue weighted by Gasteiger charge is -2.46. The van der Waals surface area contributed by atoms with Crippen molar-refractivity contribution in [2.45, 2.75) is 63.4 Å². The lowest BCUT2D eigenvalue weighted by Crippen LogP contribution is -2.59. The molecule has 1 rings (SSSR count). The molecule has 0 spiro atoms. The topological polar surface area (TPSA) is 66.8 Å². The third-order valence-electron chi connectivity index (χ3n) is 2.87. The Hall–Kier alpha value is -1.01. The highest BCUT2D eigenvalue weighted by Gasteiger charge is 2.48. The van der Waals surface area contributed by atoms with Gasteiger partial charge in [-0.2, -0.15) is 0 Å². The van der Waals surface area contributed by atoms with Crippen LogP contribution in [0.15, 0.2) is 12.3 Å². The molecule has 0 saturated carbocycles. The van der Waals surface area contributed by atoms with Gasteiger partial charge in [-0.05, 0) is 13.0 Å². The number of thioether (sulfide) groups is 1. The maximum absolute atomic E-state index is 11.8. The van der Waals surface area contributed by atoms with Crippen LogP contribution in [0, 0.1) is 0 Å². The molecule has 0 radical (unpaired) electrons. The first-order chi connectivity index (χ1) is 8.95. The van der Waals surface area contributed by atoms with Gasteiger partial charge >= 0.3 is 5.97 Å². The summed E-state index contributed by atoms with van der Waals surface area (Å²) < 4.78 is 4.99. The normalized spacial score (nSPS) is 30.2. The highest BCUT2D eigenvalue weighted by atomic mass is 32.2. The van der Waals surface area contributed by atoms with Crippen molar-refractivity contribution in [1.82, 2.24) is 4.90 Å². The molecule has 1 aliphatic heterocycles. The molecule has 3 atom stereocenters. The first-order valence-corrected chi connectivity index (χ1v) is 7.38. The molecule has 0 aromatic rings. The summed E-state index contributed by atoms with van der Waals surface area (Å²) in [4.78, 5) is 24.4. The van der Waals surface area contributed by atoms with Crippen LogP contribution in [0.1, 0.15) is 41.5 Å². The minimum atomic E-state index is -1.36. The highest BCUT2D eigenvalue weighted by Crippen LogP contribution is 2.41. The van der Waals surface area contributed by atoms with Crippen molar-refractivity contribution in [3.63, 3.8) is 0 Å². The number of nitrogens with zero attached hydrogens (tertiary/aromatic N) is 1. The van der Waals surface area contributed by atoms with E-state index in [4.69, 9.17) is 4.74 Å². The molecule has 1 N–H and O–H groups in total. The van der Waals surface area contributed by atoms with Crippen LogP contribution in [0.5, 0.6) is 0 Å². The molecule has 0 unspecified atom stereocenters. The molecule has 114 valence electrons. The number of hydrogen-bond acceptors (Lipinski definition) is 5. The number of carbonyl (C=O) groups excluding carboxylic acids is 2. The fourth-order valence-corrected chi connectivity index (χ4v) is 3.36. The van der Waals surface area contributed by atoms with Crippen molar-refractivity contribution >= 4 is 23.6 Å². The first kappa shape index (κ1) is 17.0. The number of hydrogen-bond donors (Lipinski definition) is 1. The summed E-state index contributed by atoms with van der Waals surface area (Å²) in [5, 5.41) is 10.3.